The fourth-order valence-corrected chi connectivity index (χ4v) is 2.78. The Labute approximate surface area is 183 Å². The lowest BCUT2D eigenvalue weighted by atomic mass is 10.1. The van der Waals surface area contributed by atoms with Crippen LogP contribution in [0.15, 0.2) is 72.1 Å². The van der Waals surface area contributed by atoms with E-state index >= 15 is 0 Å². The fraction of sp³-hybridized carbons (Fsp3) is 0.0909. The Morgan fingerprint density at radius 2 is 1.97 bits per heavy atom. The van der Waals surface area contributed by atoms with Crippen molar-refractivity contribution < 1.29 is 14.5 Å². The second kappa shape index (κ2) is 10.3. The lowest BCUT2D eigenvalue weighted by molar-refractivity contribution is -0.386. The Kier molecular flexibility index (Phi) is 7.06. The summed E-state index contributed by atoms with van der Waals surface area (Å²) in [5.74, 6) is -0.354. The highest BCUT2D eigenvalue weighted by Gasteiger charge is 2.18. The van der Waals surface area contributed by atoms with Crippen LogP contribution in [0.5, 0.6) is 5.75 Å². The van der Waals surface area contributed by atoms with E-state index in [0.29, 0.717) is 22.3 Å². The van der Waals surface area contributed by atoms with Crippen molar-refractivity contribution >= 4 is 17.4 Å². The number of carbonyl (C=O) groups is 1. The molecule has 0 atom stereocenters. The largest absolute Gasteiger partial charge is 0.482 e. The highest BCUT2D eigenvalue weighted by molar-refractivity contribution is 5.97. The molecule has 32 heavy (non-hydrogen) atoms. The van der Waals surface area contributed by atoms with Crippen molar-refractivity contribution in [1.29, 1.82) is 5.26 Å². The summed E-state index contributed by atoms with van der Waals surface area (Å²) in [6, 6.07) is 16.4. The van der Waals surface area contributed by atoms with E-state index in [1.54, 1.807) is 54.9 Å². The summed E-state index contributed by atoms with van der Waals surface area (Å²) >= 11 is 0. The summed E-state index contributed by atoms with van der Waals surface area (Å²) in [5.41, 5.74) is 9.87. The molecule has 2 aromatic carbocycles. The van der Waals surface area contributed by atoms with Gasteiger partial charge in [-0.05, 0) is 29.8 Å². The number of amides is 1. The number of nitro groups is 1. The summed E-state index contributed by atoms with van der Waals surface area (Å²) < 4.78 is 5.58. The van der Waals surface area contributed by atoms with E-state index in [0.717, 1.165) is 0 Å². The van der Waals surface area contributed by atoms with Crippen molar-refractivity contribution in [1.82, 2.24) is 10.4 Å². The lowest BCUT2D eigenvalue weighted by Crippen LogP contribution is -2.25. The number of pyridine rings is 1. The maximum absolute atomic E-state index is 12.2. The third kappa shape index (κ3) is 5.64. The molecule has 0 aliphatic carbocycles. The van der Waals surface area contributed by atoms with Gasteiger partial charge < -0.3 is 10.5 Å². The number of nitriles is 1. The number of rotatable bonds is 8. The minimum absolute atomic E-state index is 0.00654. The number of aromatic nitrogens is 1. The van der Waals surface area contributed by atoms with Gasteiger partial charge >= 0.3 is 5.69 Å². The van der Waals surface area contributed by atoms with E-state index < -0.39 is 10.8 Å². The summed E-state index contributed by atoms with van der Waals surface area (Å²) in [6.07, 6.45) is 2.94. The van der Waals surface area contributed by atoms with Crippen LogP contribution in [0.4, 0.5) is 5.69 Å². The number of nitrogens with one attached hydrogen (secondary N) is 1. The molecule has 1 amide bonds. The van der Waals surface area contributed by atoms with Gasteiger partial charge in [0.05, 0.1) is 23.0 Å². The number of benzene rings is 2. The van der Waals surface area contributed by atoms with Gasteiger partial charge in [-0.3, -0.25) is 19.9 Å². The van der Waals surface area contributed by atoms with Crippen molar-refractivity contribution in [3.8, 4) is 11.8 Å². The van der Waals surface area contributed by atoms with E-state index in [1.165, 1.54) is 12.1 Å². The van der Waals surface area contributed by atoms with Crippen LogP contribution in [-0.4, -0.2) is 21.7 Å². The molecule has 0 bridgehead atoms. The Morgan fingerprint density at radius 1 is 1.22 bits per heavy atom. The number of nitrogens with two attached hydrogens (primary N) is 1. The van der Waals surface area contributed by atoms with Crippen molar-refractivity contribution in [2.45, 2.75) is 13.0 Å². The first-order chi connectivity index (χ1) is 15.5. The molecule has 0 unspecified atom stereocenters. The molecule has 0 spiro atoms. The molecule has 160 valence electrons. The quantitative estimate of drug-likeness (QED) is 0.240. The Bertz CT molecular complexity index is 1200. The van der Waals surface area contributed by atoms with Crippen LogP contribution in [0.3, 0.4) is 0 Å². The van der Waals surface area contributed by atoms with E-state index in [-0.39, 0.29) is 30.3 Å². The average Bonchev–Trinajstić information content (AvgIpc) is 2.82. The molecular weight excluding hydrogens is 412 g/mol. The smallest absolute Gasteiger partial charge is 0.311 e. The molecule has 0 aliphatic heterocycles. The predicted octanol–water partition coefficient (Wildman–Crippen LogP) is 2.42. The van der Waals surface area contributed by atoms with Crippen LogP contribution in [0.2, 0.25) is 0 Å². The van der Waals surface area contributed by atoms with E-state index in [2.05, 4.69) is 15.5 Å². The first-order valence-electron chi connectivity index (χ1n) is 9.38. The topological polar surface area (TPSA) is 157 Å². The van der Waals surface area contributed by atoms with Gasteiger partial charge in [-0.25, -0.2) is 5.43 Å². The summed E-state index contributed by atoms with van der Waals surface area (Å²) in [4.78, 5) is 27.0. The number of hydrazone groups is 1. The second-order valence-corrected chi connectivity index (χ2v) is 6.56. The van der Waals surface area contributed by atoms with E-state index in [9.17, 15) is 14.9 Å². The van der Waals surface area contributed by atoms with Crippen LogP contribution >= 0.6 is 0 Å². The first kappa shape index (κ1) is 21.9. The molecule has 0 fully saturated rings. The van der Waals surface area contributed by atoms with Crippen molar-refractivity contribution in [2.24, 2.45) is 10.8 Å². The third-order valence-corrected chi connectivity index (χ3v) is 4.38. The maximum atomic E-state index is 12.2. The Morgan fingerprint density at radius 3 is 2.69 bits per heavy atom. The number of carbonyl (C=O) groups excluding carboxylic acids is 1. The average molecular weight is 430 g/mol. The van der Waals surface area contributed by atoms with Gasteiger partial charge in [-0.1, -0.05) is 24.3 Å². The minimum Gasteiger partial charge on any atom is -0.482 e. The maximum Gasteiger partial charge on any atom is 0.311 e. The van der Waals surface area contributed by atoms with Gasteiger partial charge in [0.2, 0.25) is 5.91 Å². The van der Waals surface area contributed by atoms with Gasteiger partial charge in [0, 0.05) is 29.6 Å². The molecule has 0 aliphatic rings. The monoisotopic (exact) mass is 430 g/mol. The van der Waals surface area contributed by atoms with Gasteiger partial charge in [-0.2, -0.15) is 10.4 Å². The Balaban J connectivity index is 1.68. The number of ether oxygens (including phenoxy) is 1. The standard InChI is InChI=1S/C22H18N6O4/c23-13-17-3-1-2-4-18(17)14-32-20-6-5-15(11-19(20)28(30)31)12-21(29)26-27-22(24)16-7-9-25-10-8-16/h1-11H,12,14H2,(H2,24,27)(H,26,29). The summed E-state index contributed by atoms with van der Waals surface area (Å²) in [7, 11) is 0. The summed E-state index contributed by atoms with van der Waals surface area (Å²) in [5, 5.41) is 24.5. The zero-order valence-electron chi connectivity index (χ0n) is 16.8. The highest BCUT2D eigenvalue weighted by Crippen LogP contribution is 2.29. The second-order valence-electron chi connectivity index (χ2n) is 6.56. The van der Waals surface area contributed by atoms with Gasteiger partial charge in [0.15, 0.2) is 11.6 Å². The van der Waals surface area contributed by atoms with Crippen LogP contribution in [0.1, 0.15) is 22.3 Å². The minimum atomic E-state index is -0.591. The van der Waals surface area contributed by atoms with Gasteiger partial charge in [0.1, 0.15) is 6.61 Å². The van der Waals surface area contributed by atoms with Crippen LogP contribution < -0.4 is 15.9 Å². The molecule has 10 nitrogen and oxygen atoms in total. The number of hydrogen-bond acceptors (Lipinski definition) is 7. The molecule has 1 aromatic heterocycles. The predicted molar refractivity (Wildman–Crippen MR) is 115 cm³/mol. The number of nitrogens with zero attached hydrogens (tertiary/aromatic N) is 4. The van der Waals surface area contributed by atoms with Gasteiger partial charge in [-0.15, -0.1) is 0 Å². The molecule has 0 saturated heterocycles. The molecule has 3 N–H and O–H groups in total. The SMILES string of the molecule is N#Cc1ccccc1COc1ccc(CC(=O)N/N=C(\N)c2ccncc2)cc1[N+](=O)[O-]. The molecule has 10 heteroatoms. The van der Waals surface area contributed by atoms with E-state index in [1.807, 2.05) is 6.07 Å². The fourth-order valence-electron chi connectivity index (χ4n) is 2.78. The third-order valence-electron chi connectivity index (χ3n) is 4.38. The number of nitro benzene ring substituents is 1. The zero-order valence-corrected chi connectivity index (χ0v) is 16.8. The molecular formula is C22H18N6O4. The van der Waals surface area contributed by atoms with Crippen molar-refractivity contribution in [2.75, 3.05) is 0 Å². The number of hydrogen-bond donors (Lipinski definition) is 2. The normalized spacial score (nSPS) is 10.8. The molecule has 3 rings (SSSR count). The molecule has 0 saturated carbocycles. The van der Waals surface area contributed by atoms with Gasteiger partial charge in [0.25, 0.3) is 0 Å². The molecule has 3 aromatic rings. The van der Waals surface area contributed by atoms with Crippen LogP contribution in [0.25, 0.3) is 0 Å². The highest BCUT2D eigenvalue weighted by atomic mass is 16.6. The molecule has 1 heterocycles. The molecule has 0 radical (unpaired) electrons. The first-order valence-corrected chi connectivity index (χ1v) is 9.38. The number of amidine groups is 1. The zero-order chi connectivity index (χ0) is 22.9. The van der Waals surface area contributed by atoms with Crippen LogP contribution in [-0.2, 0) is 17.8 Å². The van der Waals surface area contributed by atoms with Crippen LogP contribution in [0, 0.1) is 21.4 Å². The van der Waals surface area contributed by atoms with E-state index in [4.69, 9.17) is 15.7 Å². The Hall–Kier alpha value is -4.78. The van der Waals surface area contributed by atoms with Crippen molar-refractivity contribution in [3.63, 3.8) is 0 Å². The van der Waals surface area contributed by atoms with Crippen molar-refractivity contribution in [3.05, 3.63) is 99.4 Å². The lowest BCUT2D eigenvalue weighted by Gasteiger charge is -2.09. The summed E-state index contributed by atoms with van der Waals surface area (Å²) in [6.45, 7) is -0.00654.